The normalized spacial score (nSPS) is 19.5. The Morgan fingerprint density at radius 1 is 1.47 bits per heavy atom. The standard InChI is InChI=1S/C12H13N3O3S/c13-7-1-2-8-10(5-7)19-12(14-8)15-11(16)9-6-17-3-4-18-9/h1-2,5,9H,3-4,6,13H2,(H,14,15,16). The van der Waals surface area contributed by atoms with E-state index in [1.165, 1.54) is 11.3 Å². The van der Waals surface area contributed by atoms with Gasteiger partial charge in [-0.2, -0.15) is 0 Å². The van der Waals surface area contributed by atoms with E-state index in [4.69, 9.17) is 15.2 Å². The van der Waals surface area contributed by atoms with Crippen LogP contribution in [0.5, 0.6) is 0 Å². The Labute approximate surface area is 113 Å². The highest BCUT2D eigenvalue weighted by atomic mass is 32.1. The average molecular weight is 279 g/mol. The number of carbonyl (C=O) groups is 1. The van der Waals surface area contributed by atoms with E-state index in [9.17, 15) is 4.79 Å². The summed E-state index contributed by atoms with van der Waals surface area (Å²) in [5, 5.41) is 3.28. The summed E-state index contributed by atoms with van der Waals surface area (Å²) in [6.07, 6.45) is -0.564. The molecule has 19 heavy (non-hydrogen) atoms. The highest BCUT2D eigenvalue weighted by Crippen LogP contribution is 2.27. The summed E-state index contributed by atoms with van der Waals surface area (Å²) in [7, 11) is 0. The van der Waals surface area contributed by atoms with Crippen molar-refractivity contribution in [3.05, 3.63) is 18.2 Å². The summed E-state index contributed by atoms with van der Waals surface area (Å²) in [4.78, 5) is 16.3. The maximum Gasteiger partial charge on any atom is 0.257 e. The molecule has 1 atom stereocenters. The van der Waals surface area contributed by atoms with E-state index in [2.05, 4.69) is 10.3 Å². The van der Waals surface area contributed by atoms with Crippen molar-refractivity contribution in [1.82, 2.24) is 4.98 Å². The van der Waals surface area contributed by atoms with Crippen molar-refractivity contribution in [2.45, 2.75) is 6.10 Å². The number of aromatic nitrogens is 1. The Bertz CT molecular complexity index is 607. The predicted octanol–water partition coefficient (Wildman–Crippen LogP) is 1.23. The van der Waals surface area contributed by atoms with Crippen molar-refractivity contribution >= 4 is 38.3 Å². The van der Waals surface area contributed by atoms with Gasteiger partial charge in [0.25, 0.3) is 5.91 Å². The van der Waals surface area contributed by atoms with Gasteiger partial charge in [-0.05, 0) is 18.2 Å². The topological polar surface area (TPSA) is 86.5 Å². The van der Waals surface area contributed by atoms with Gasteiger partial charge in [0.2, 0.25) is 0 Å². The smallest absolute Gasteiger partial charge is 0.257 e. The zero-order chi connectivity index (χ0) is 13.2. The second-order valence-corrected chi connectivity index (χ2v) is 5.20. The Morgan fingerprint density at radius 2 is 2.37 bits per heavy atom. The molecule has 3 rings (SSSR count). The summed E-state index contributed by atoms with van der Waals surface area (Å²) in [6.45, 7) is 1.25. The van der Waals surface area contributed by atoms with E-state index in [0.717, 1.165) is 10.2 Å². The number of rotatable bonds is 2. The Hall–Kier alpha value is -1.70. The van der Waals surface area contributed by atoms with Crippen LogP contribution in [0.2, 0.25) is 0 Å². The molecule has 0 bridgehead atoms. The fourth-order valence-corrected chi connectivity index (χ4v) is 2.74. The number of amides is 1. The van der Waals surface area contributed by atoms with Crippen LogP contribution in [0.3, 0.4) is 0 Å². The number of hydrogen-bond donors (Lipinski definition) is 2. The van der Waals surface area contributed by atoms with Gasteiger partial charge < -0.3 is 15.2 Å². The van der Waals surface area contributed by atoms with E-state index in [1.54, 1.807) is 6.07 Å². The molecule has 1 fully saturated rings. The molecule has 1 saturated heterocycles. The number of anilines is 2. The van der Waals surface area contributed by atoms with Gasteiger partial charge in [-0.15, -0.1) is 0 Å². The SMILES string of the molecule is Nc1ccc2nc(NC(=O)C3COCCO3)sc2c1. The van der Waals surface area contributed by atoms with E-state index in [0.29, 0.717) is 24.0 Å². The van der Waals surface area contributed by atoms with Crippen molar-refractivity contribution in [3.8, 4) is 0 Å². The lowest BCUT2D eigenvalue weighted by Gasteiger charge is -2.21. The average Bonchev–Trinajstić information content (AvgIpc) is 2.81. The number of benzene rings is 1. The number of nitrogens with two attached hydrogens (primary N) is 1. The summed E-state index contributed by atoms with van der Waals surface area (Å²) in [5.41, 5.74) is 7.20. The first-order chi connectivity index (χ1) is 9.22. The fraction of sp³-hybridized carbons (Fsp3) is 0.333. The van der Waals surface area contributed by atoms with Crippen LogP contribution in [0, 0.1) is 0 Å². The second-order valence-electron chi connectivity index (χ2n) is 4.17. The quantitative estimate of drug-likeness (QED) is 0.807. The van der Waals surface area contributed by atoms with Crippen molar-refractivity contribution in [2.75, 3.05) is 30.9 Å². The highest BCUT2D eigenvalue weighted by molar-refractivity contribution is 7.22. The van der Waals surface area contributed by atoms with Crippen molar-refractivity contribution < 1.29 is 14.3 Å². The molecule has 7 heteroatoms. The van der Waals surface area contributed by atoms with Crippen molar-refractivity contribution in [3.63, 3.8) is 0 Å². The fourth-order valence-electron chi connectivity index (χ4n) is 1.82. The molecule has 1 unspecified atom stereocenters. The minimum atomic E-state index is -0.564. The van der Waals surface area contributed by atoms with Crippen LogP contribution in [-0.4, -0.2) is 36.8 Å². The third-order valence-electron chi connectivity index (χ3n) is 2.75. The molecule has 3 N–H and O–H groups in total. The van der Waals surface area contributed by atoms with Gasteiger partial charge in [-0.1, -0.05) is 11.3 Å². The van der Waals surface area contributed by atoms with Crippen LogP contribution in [0.1, 0.15) is 0 Å². The maximum atomic E-state index is 11.9. The summed E-state index contributed by atoms with van der Waals surface area (Å²) in [6, 6.07) is 5.45. The van der Waals surface area contributed by atoms with Crippen LogP contribution in [0.4, 0.5) is 10.8 Å². The largest absolute Gasteiger partial charge is 0.399 e. The van der Waals surface area contributed by atoms with Gasteiger partial charge in [0.1, 0.15) is 0 Å². The van der Waals surface area contributed by atoms with Crippen LogP contribution in [-0.2, 0) is 14.3 Å². The molecule has 100 valence electrons. The van der Waals surface area contributed by atoms with Crippen molar-refractivity contribution in [2.24, 2.45) is 0 Å². The van der Waals surface area contributed by atoms with Gasteiger partial charge in [0.15, 0.2) is 11.2 Å². The lowest BCUT2D eigenvalue weighted by atomic mass is 10.3. The van der Waals surface area contributed by atoms with Gasteiger partial charge in [0, 0.05) is 5.69 Å². The lowest BCUT2D eigenvalue weighted by molar-refractivity contribution is -0.142. The zero-order valence-corrected chi connectivity index (χ0v) is 10.9. The molecule has 1 aromatic heterocycles. The third-order valence-corrected chi connectivity index (χ3v) is 3.68. The minimum Gasteiger partial charge on any atom is -0.399 e. The molecule has 1 aliphatic heterocycles. The van der Waals surface area contributed by atoms with Crippen LogP contribution < -0.4 is 11.1 Å². The highest BCUT2D eigenvalue weighted by Gasteiger charge is 2.23. The van der Waals surface area contributed by atoms with Gasteiger partial charge >= 0.3 is 0 Å². The molecule has 2 aromatic rings. The molecule has 0 spiro atoms. The number of ether oxygens (including phenoxy) is 2. The molecule has 1 aromatic carbocycles. The van der Waals surface area contributed by atoms with Crippen LogP contribution in [0.15, 0.2) is 18.2 Å². The number of nitrogens with one attached hydrogen (secondary N) is 1. The summed E-state index contributed by atoms with van der Waals surface area (Å²) in [5.74, 6) is -0.230. The number of carbonyl (C=O) groups excluding carboxylic acids is 1. The van der Waals surface area contributed by atoms with Crippen LogP contribution >= 0.6 is 11.3 Å². The van der Waals surface area contributed by atoms with E-state index >= 15 is 0 Å². The molecular weight excluding hydrogens is 266 g/mol. The zero-order valence-electron chi connectivity index (χ0n) is 10.1. The van der Waals surface area contributed by atoms with Gasteiger partial charge in [0.05, 0.1) is 30.0 Å². The first-order valence-electron chi connectivity index (χ1n) is 5.88. The summed E-state index contributed by atoms with van der Waals surface area (Å²) < 4.78 is 11.5. The number of fused-ring (bicyclic) bond motifs is 1. The second kappa shape index (κ2) is 5.12. The number of nitrogens with zero attached hydrogens (tertiary/aromatic N) is 1. The molecule has 2 heterocycles. The number of hydrogen-bond acceptors (Lipinski definition) is 6. The third kappa shape index (κ3) is 2.67. The Morgan fingerprint density at radius 3 is 3.16 bits per heavy atom. The van der Waals surface area contributed by atoms with Gasteiger partial charge in [-0.3, -0.25) is 10.1 Å². The first-order valence-corrected chi connectivity index (χ1v) is 6.70. The molecule has 0 aliphatic carbocycles. The van der Waals surface area contributed by atoms with E-state index in [-0.39, 0.29) is 12.5 Å². The minimum absolute atomic E-state index is 0.230. The predicted molar refractivity (Wildman–Crippen MR) is 73.2 cm³/mol. The Kier molecular flexibility index (Phi) is 3.33. The molecule has 6 nitrogen and oxygen atoms in total. The Balaban J connectivity index is 1.75. The molecule has 1 amide bonds. The van der Waals surface area contributed by atoms with E-state index < -0.39 is 6.10 Å². The maximum absolute atomic E-state index is 11.9. The lowest BCUT2D eigenvalue weighted by Crippen LogP contribution is -2.39. The molecule has 0 saturated carbocycles. The van der Waals surface area contributed by atoms with E-state index in [1.807, 2.05) is 12.1 Å². The number of thiazole rings is 1. The number of nitrogen functional groups attached to an aromatic ring is 1. The first kappa shape index (κ1) is 12.3. The molecule has 0 radical (unpaired) electrons. The van der Waals surface area contributed by atoms with Crippen molar-refractivity contribution in [1.29, 1.82) is 0 Å². The molecular formula is C12H13N3O3S. The summed E-state index contributed by atoms with van der Waals surface area (Å²) >= 11 is 1.38. The monoisotopic (exact) mass is 279 g/mol. The molecule has 1 aliphatic rings. The van der Waals surface area contributed by atoms with Crippen LogP contribution in [0.25, 0.3) is 10.2 Å². The van der Waals surface area contributed by atoms with Gasteiger partial charge in [-0.25, -0.2) is 4.98 Å².